The zero-order valence-corrected chi connectivity index (χ0v) is 9.38. The van der Waals surface area contributed by atoms with E-state index in [-0.39, 0.29) is 12.5 Å². The van der Waals surface area contributed by atoms with Gasteiger partial charge in [0.05, 0.1) is 11.4 Å². The Morgan fingerprint density at radius 1 is 1.28 bits per heavy atom. The molecule has 3 rings (SSSR count). The van der Waals surface area contributed by atoms with Crippen LogP contribution in [-0.2, 0) is 4.79 Å². The normalized spacial score (nSPS) is 13.4. The molecule has 0 radical (unpaired) electrons. The van der Waals surface area contributed by atoms with E-state index in [4.69, 9.17) is 10.5 Å². The number of rotatable bonds is 1. The van der Waals surface area contributed by atoms with Crippen LogP contribution in [0.4, 0.5) is 11.5 Å². The van der Waals surface area contributed by atoms with Crippen LogP contribution < -0.4 is 15.8 Å². The Bertz CT molecular complexity index is 627. The molecule has 0 spiro atoms. The Kier molecular flexibility index (Phi) is 2.33. The van der Waals surface area contributed by atoms with Crippen LogP contribution in [0.3, 0.4) is 0 Å². The number of ether oxygens (including phenoxy) is 1. The monoisotopic (exact) mass is 242 g/mol. The zero-order chi connectivity index (χ0) is 12.5. The highest BCUT2D eigenvalue weighted by Gasteiger charge is 2.16. The number of hydrogen-bond donors (Lipinski definition) is 2. The first-order valence-electron chi connectivity index (χ1n) is 5.37. The summed E-state index contributed by atoms with van der Waals surface area (Å²) in [4.78, 5) is 19.2. The van der Waals surface area contributed by atoms with Crippen molar-refractivity contribution in [2.75, 3.05) is 17.7 Å². The van der Waals surface area contributed by atoms with Gasteiger partial charge in [0.2, 0.25) is 0 Å². The minimum absolute atomic E-state index is 0.0484. The summed E-state index contributed by atoms with van der Waals surface area (Å²) >= 11 is 0. The zero-order valence-electron chi connectivity index (χ0n) is 9.38. The molecule has 1 aliphatic rings. The molecular formula is C12H10N4O2. The standard InChI is InChI=1S/C12H10N4O2/c13-11-4-8(14-6-15-11)7-1-2-10-9(3-7)16-12(17)5-18-10/h1-4,6H,5H2,(H,16,17)(H2,13,14,15). The molecule has 0 unspecified atom stereocenters. The van der Waals surface area contributed by atoms with E-state index in [1.807, 2.05) is 6.07 Å². The van der Waals surface area contributed by atoms with Crippen molar-refractivity contribution in [3.05, 3.63) is 30.6 Å². The van der Waals surface area contributed by atoms with E-state index in [2.05, 4.69) is 15.3 Å². The van der Waals surface area contributed by atoms with Crippen LogP contribution in [-0.4, -0.2) is 22.5 Å². The van der Waals surface area contributed by atoms with Crippen molar-refractivity contribution in [2.45, 2.75) is 0 Å². The lowest BCUT2D eigenvalue weighted by Gasteiger charge is -2.18. The molecule has 1 aromatic carbocycles. The summed E-state index contributed by atoms with van der Waals surface area (Å²) in [6, 6.07) is 7.13. The van der Waals surface area contributed by atoms with Crippen molar-refractivity contribution < 1.29 is 9.53 Å². The minimum Gasteiger partial charge on any atom is -0.482 e. The number of nitrogens with one attached hydrogen (secondary N) is 1. The van der Waals surface area contributed by atoms with E-state index in [1.165, 1.54) is 6.33 Å². The Morgan fingerprint density at radius 3 is 3.00 bits per heavy atom. The van der Waals surface area contributed by atoms with Gasteiger partial charge in [-0.25, -0.2) is 9.97 Å². The van der Waals surface area contributed by atoms with Crippen LogP contribution in [0.5, 0.6) is 5.75 Å². The summed E-state index contributed by atoms with van der Waals surface area (Å²) in [5.41, 5.74) is 7.79. The molecule has 2 heterocycles. The lowest BCUT2D eigenvalue weighted by atomic mass is 10.1. The highest BCUT2D eigenvalue weighted by atomic mass is 16.5. The molecule has 0 fully saturated rings. The maximum absolute atomic E-state index is 11.2. The van der Waals surface area contributed by atoms with Gasteiger partial charge >= 0.3 is 0 Å². The Balaban J connectivity index is 2.04. The fourth-order valence-electron chi connectivity index (χ4n) is 1.77. The van der Waals surface area contributed by atoms with E-state index in [1.54, 1.807) is 18.2 Å². The summed E-state index contributed by atoms with van der Waals surface area (Å²) in [5, 5.41) is 2.75. The number of aromatic nitrogens is 2. The van der Waals surface area contributed by atoms with Crippen LogP contribution >= 0.6 is 0 Å². The number of carbonyl (C=O) groups is 1. The average Bonchev–Trinajstić information content (AvgIpc) is 2.38. The molecule has 0 aliphatic carbocycles. The number of fused-ring (bicyclic) bond motifs is 1. The van der Waals surface area contributed by atoms with E-state index in [0.717, 1.165) is 5.56 Å². The van der Waals surface area contributed by atoms with Gasteiger partial charge in [0.1, 0.15) is 17.9 Å². The molecule has 0 saturated heterocycles. The van der Waals surface area contributed by atoms with Gasteiger partial charge in [-0.3, -0.25) is 4.79 Å². The van der Waals surface area contributed by atoms with Gasteiger partial charge in [0.25, 0.3) is 5.91 Å². The lowest BCUT2D eigenvalue weighted by Crippen LogP contribution is -2.25. The summed E-state index contributed by atoms with van der Waals surface area (Å²) in [6.07, 6.45) is 1.40. The SMILES string of the molecule is Nc1cc(-c2ccc3c(c2)NC(=O)CO3)ncn1. The number of nitrogens with zero attached hydrogens (tertiary/aromatic N) is 2. The molecule has 3 N–H and O–H groups in total. The largest absolute Gasteiger partial charge is 0.482 e. The number of amides is 1. The highest BCUT2D eigenvalue weighted by Crippen LogP contribution is 2.32. The minimum atomic E-state index is -0.165. The topological polar surface area (TPSA) is 90.1 Å². The summed E-state index contributed by atoms with van der Waals surface area (Å²) < 4.78 is 5.28. The highest BCUT2D eigenvalue weighted by molar-refractivity contribution is 5.96. The summed E-state index contributed by atoms with van der Waals surface area (Å²) in [5.74, 6) is 0.889. The quantitative estimate of drug-likeness (QED) is 0.780. The second-order valence-electron chi connectivity index (χ2n) is 3.88. The number of hydrogen-bond acceptors (Lipinski definition) is 5. The predicted octanol–water partition coefficient (Wildman–Crippen LogP) is 1.06. The Morgan fingerprint density at radius 2 is 2.17 bits per heavy atom. The third-order valence-electron chi connectivity index (χ3n) is 2.60. The van der Waals surface area contributed by atoms with Gasteiger partial charge in [-0.15, -0.1) is 0 Å². The van der Waals surface area contributed by atoms with Crippen molar-refractivity contribution in [1.29, 1.82) is 0 Å². The third kappa shape index (κ3) is 1.84. The fraction of sp³-hybridized carbons (Fsp3) is 0.0833. The van der Waals surface area contributed by atoms with Crippen LogP contribution in [0, 0.1) is 0 Å². The Labute approximate surface area is 103 Å². The number of carbonyl (C=O) groups excluding carboxylic acids is 1. The molecule has 1 aliphatic heterocycles. The van der Waals surface area contributed by atoms with Crippen LogP contribution in [0.1, 0.15) is 0 Å². The third-order valence-corrected chi connectivity index (χ3v) is 2.60. The van der Waals surface area contributed by atoms with Crippen LogP contribution in [0.15, 0.2) is 30.6 Å². The molecule has 0 bridgehead atoms. The van der Waals surface area contributed by atoms with Gasteiger partial charge in [0.15, 0.2) is 6.61 Å². The second kappa shape index (κ2) is 3.99. The molecular weight excluding hydrogens is 232 g/mol. The molecule has 90 valence electrons. The summed E-state index contributed by atoms with van der Waals surface area (Å²) in [6.45, 7) is 0.0484. The first-order chi connectivity index (χ1) is 8.72. The van der Waals surface area contributed by atoms with Crippen LogP contribution in [0.2, 0.25) is 0 Å². The maximum Gasteiger partial charge on any atom is 0.262 e. The van der Waals surface area contributed by atoms with Crippen LogP contribution in [0.25, 0.3) is 11.3 Å². The van der Waals surface area contributed by atoms with Gasteiger partial charge in [0, 0.05) is 11.6 Å². The molecule has 6 nitrogen and oxygen atoms in total. The fourth-order valence-corrected chi connectivity index (χ4v) is 1.77. The molecule has 0 atom stereocenters. The maximum atomic E-state index is 11.2. The van der Waals surface area contributed by atoms with E-state index >= 15 is 0 Å². The average molecular weight is 242 g/mol. The summed E-state index contributed by atoms with van der Waals surface area (Å²) in [7, 11) is 0. The molecule has 6 heteroatoms. The first kappa shape index (κ1) is 10.5. The van der Waals surface area contributed by atoms with Crippen molar-refractivity contribution in [3.8, 4) is 17.0 Å². The second-order valence-corrected chi connectivity index (χ2v) is 3.88. The molecule has 2 aromatic rings. The number of nitrogens with two attached hydrogens (primary N) is 1. The van der Waals surface area contributed by atoms with Crippen molar-refractivity contribution in [3.63, 3.8) is 0 Å². The molecule has 18 heavy (non-hydrogen) atoms. The smallest absolute Gasteiger partial charge is 0.262 e. The molecule has 0 saturated carbocycles. The number of nitrogen functional groups attached to an aromatic ring is 1. The van der Waals surface area contributed by atoms with Gasteiger partial charge in [-0.1, -0.05) is 0 Å². The Hall–Kier alpha value is -2.63. The van der Waals surface area contributed by atoms with Gasteiger partial charge in [-0.05, 0) is 18.2 Å². The number of anilines is 2. The van der Waals surface area contributed by atoms with E-state index in [9.17, 15) is 4.79 Å². The van der Waals surface area contributed by atoms with Gasteiger partial charge in [-0.2, -0.15) is 0 Å². The van der Waals surface area contributed by atoms with Crippen molar-refractivity contribution in [1.82, 2.24) is 9.97 Å². The first-order valence-corrected chi connectivity index (χ1v) is 5.37. The van der Waals surface area contributed by atoms with E-state index < -0.39 is 0 Å². The number of benzene rings is 1. The van der Waals surface area contributed by atoms with Gasteiger partial charge < -0.3 is 15.8 Å². The predicted molar refractivity (Wildman–Crippen MR) is 66.0 cm³/mol. The van der Waals surface area contributed by atoms with Crippen molar-refractivity contribution >= 4 is 17.4 Å². The molecule has 1 amide bonds. The van der Waals surface area contributed by atoms with Crippen molar-refractivity contribution in [2.24, 2.45) is 0 Å². The van der Waals surface area contributed by atoms with E-state index in [0.29, 0.717) is 22.9 Å². The lowest BCUT2D eigenvalue weighted by molar-refractivity contribution is -0.118. The molecule has 1 aromatic heterocycles.